The summed E-state index contributed by atoms with van der Waals surface area (Å²) in [5, 5.41) is 11.8. The number of allylic oxidation sites excluding steroid dienone is 4. The van der Waals surface area contributed by atoms with Crippen molar-refractivity contribution in [2.75, 3.05) is 5.75 Å². The van der Waals surface area contributed by atoms with Crippen molar-refractivity contribution in [1.82, 2.24) is 0 Å². The molecule has 42 heavy (non-hydrogen) atoms. The van der Waals surface area contributed by atoms with Crippen LogP contribution in [0.4, 0.5) is 13.2 Å². The summed E-state index contributed by atoms with van der Waals surface area (Å²) in [6, 6.07) is 5.48. The third-order valence-electron chi connectivity index (χ3n) is 10.7. The predicted octanol–water partition coefficient (Wildman–Crippen LogP) is 6.42. The van der Waals surface area contributed by atoms with Gasteiger partial charge >= 0.3 is 6.36 Å². The first-order valence-electron chi connectivity index (χ1n) is 14.8. The Morgan fingerprint density at radius 2 is 1.95 bits per heavy atom. The first-order chi connectivity index (χ1) is 19.8. The van der Waals surface area contributed by atoms with Crippen LogP contribution in [-0.4, -0.2) is 52.9 Å². The molecule has 1 aromatic rings. The minimum absolute atomic E-state index is 0.0141. The third-order valence-corrected chi connectivity index (χ3v) is 11.7. The van der Waals surface area contributed by atoms with Gasteiger partial charge in [-0.15, -0.1) is 24.9 Å². The molecule has 0 radical (unpaired) electrons. The average Bonchev–Trinajstić information content (AvgIpc) is 3.39. The van der Waals surface area contributed by atoms with E-state index in [0.717, 1.165) is 24.8 Å². The molecule has 0 spiro atoms. The highest BCUT2D eigenvalue weighted by atomic mass is 32.2. The maximum atomic E-state index is 14.3. The Bertz CT molecular complexity index is 1310. The molecule has 10 heteroatoms. The minimum Gasteiger partial charge on any atom is -0.406 e. The van der Waals surface area contributed by atoms with Gasteiger partial charge in [0.2, 0.25) is 0 Å². The Morgan fingerprint density at radius 1 is 1.21 bits per heavy atom. The number of ketones is 2. The van der Waals surface area contributed by atoms with Crippen molar-refractivity contribution in [3.8, 4) is 5.75 Å². The second-order valence-electron chi connectivity index (χ2n) is 12.9. The number of fused-ring (bicyclic) bond motifs is 7. The fourth-order valence-corrected chi connectivity index (χ4v) is 9.84. The maximum absolute atomic E-state index is 14.3. The summed E-state index contributed by atoms with van der Waals surface area (Å²) in [7, 11) is 0. The van der Waals surface area contributed by atoms with E-state index in [2.05, 4.69) is 18.6 Å². The molecule has 0 amide bonds. The summed E-state index contributed by atoms with van der Waals surface area (Å²) in [5.41, 5.74) is -1.25. The standard InChI is InChI=1S/C32H37F3O6S/c1-4-5-27-39-26-15-23-22-11-6-18-14-19(36)12-13-29(18,2)28(22)24(37)16-30(23,3)31(26,41-27)25(38)17-42-21-9-7-20(8-10-21)40-32(33,34)35/h7-10,12-14,22-24,26-28,37H,4-6,11,15-17H2,1-3H3/t22?,23?,24-,26-,27?,28?,29?,30?,31+/m0/s1. The SMILES string of the molecule is CCCC1O[C@H]2CC3C4CCC5=CC(=O)C=CC5(C)C4[C@@H](O)CC3(C)[C@]2(C(=O)CSc2ccc(OC(F)(F)F)cc2)O1. The van der Waals surface area contributed by atoms with Crippen LogP contribution in [0.5, 0.6) is 5.75 Å². The molecule has 1 aromatic carbocycles. The molecule has 1 aliphatic heterocycles. The number of alkyl halides is 3. The largest absolute Gasteiger partial charge is 0.573 e. The summed E-state index contributed by atoms with van der Waals surface area (Å²) in [6.07, 6.45) is 2.98. The normalized spacial score (nSPS) is 40.5. The molecule has 3 saturated carbocycles. The number of benzene rings is 1. The van der Waals surface area contributed by atoms with Gasteiger partial charge < -0.3 is 19.3 Å². The van der Waals surface area contributed by atoms with Gasteiger partial charge in [-0.25, -0.2) is 0 Å². The van der Waals surface area contributed by atoms with Crippen molar-refractivity contribution in [2.45, 2.75) is 94.7 Å². The second kappa shape index (κ2) is 10.5. The van der Waals surface area contributed by atoms with Gasteiger partial charge in [-0.2, -0.15) is 0 Å². The van der Waals surface area contributed by atoms with Crippen LogP contribution < -0.4 is 4.74 Å². The summed E-state index contributed by atoms with van der Waals surface area (Å²) >= 11 is 1.24. The maximum Gasteiger partial charge on any atom is 0.573 e. The molecule has 0 aromatic heterocycles. The van der Waals surface area contributed by atoms with E-state index in [1.165, 1.54) is 36.0 Å². The fraction of sp³-hybridized carbons (Fsp3) is 0.625. The van der Waals surface area contributed by atoms with E-state index in [1.807, 2.05) is 13.0 Å². The first-order valence-corrected chi connectivity index (χ1v) is 15.8. The van der Waals surface area contributed by atoms with E-state index in [1.54, 1.807) is 12.2 Å². The molecule has 6 unspecified atom stereocenters. The Hall–Kier alpha value is -2.14. The average molecular weight is 607 g/mol. The van der Waals surface area contributed by atoms with Crippen LogP contribution in [-0.2, 0) is 19.1 Å². The molecular weight excluding hydrogens is 569 g/mol. The second-order valence-corrected chi connectivity index (χ2v) is 13.9. The van der Waals surface area contributed by atoms with Crippen LogP contribution in [0, 0.1) is 28.6 Å². The molecule has 6 rings (SSSR count). The number of thioether (sulfide) groups is 1. The number of ether oxygens (including phenoxy) is 3. The lowest BCUT2D eigenvalue weighted by Crippen LogP contribution is -2.63. The third kappa shape index (κ3) is 4.68. The van der Waals surface area contributed by atoms with Gasteiger partial charge in [-0.1, -0.05) is 38.8 Å². The van der Waals surface area contributed by atoms with Crippen molar-refractivity contribution in [1.29, 1.82) is 0 Å². The van der Waals surface area contributed by atoms with Crippen LogP contribution in [0.3, 0.4) is 0 Å². The number of hydrogen-bond acceptors (Lipinski definition) is 7. The number of Topliss-reactive ketones (excluding diaryl/α,β-unsaturated/α-hetero) is 1. The lowest BCUT2D eigenvalue weighted by atomic mass is 9.46. The highest BCUT2D eigenvalue weighted by Gasteiger charge is 2.75. The Labute approximate surface area is 248 Å². The smallest absolute Gasteiger partial charge is 0.406 e. The van der Waals surface area contributed by atoms with Crippen LogP contribution in [0.25, 0.3) is 0 Å². The van der Waals surface area contributed by atoms with Gasteiger partial charge in [0.15, 0.2) is 23.5 Å². The molecule has 1 saturated heterocycles. The van der Waals surface area contributed by atoms with Gasteiger partial charge in [0.25, 0.3) is 0 Å². The predicted molar refractivity (Wildman–Crippen MR) is 150 cm³/mol. The molecule has 4 aliphatic carbocycles. The number of carbonyl (C=O) groups is 2. The van der Waals surface area contributed by atoms with Gasteiger partial charge in [-0.05, 0) is 80.4 Å². The van der Waals surface area contributed by atoms with Crippen LogP contribution in [0.15, 0.2) is 53.0 Å². The molecule has 5 aliphatic rings. The Morgan fingerprint density at radius 3 is 2.64 bits per heavy atom. The lowest BCUT2D eigenvalue weighted by Gasteiger charge is -2.59. The molecule has 6 nitrogen and oxygen atoms in total. The highest BCUT2D eigenvalue weighted by Crippen LogP contribution is 2.69. The van der Waals surface area contributed by atoms with Crippen LogP contribution >= 0.6 is 11.8 Å². The van der Waals surface area contributed by atoms with Gasteiger partial charge in [0.1, 0.15) is 5.75 Å². The molecule has 1 heterocycles. The topological polar surface area (TPSA) is 82.1 Å². The van der Waals surface area contributed by atoms with Crippen LogP contribution in [0.2, 0.25) is 0 Å². The Kier molecular flexibility index (Phi) is 7.47. The summed E-state index contributed by atoms with van der Waals surface area (Å²) < 4.78 is 54.8. The summed E-state index contributed by atoms with van der Waals surface area (Å²) in [5.74, 6) is -0.271. The van der Waals surface area contributed by atoms with E-state index < -0.39 is 41.3 Å². The van der Waals surface area contributed by atoms with Gasteiger partial charge in [0, 0.05) is 21.6 Å². The minimum atomic E-state index is -4.77. The van der Waals surface area contributed by atoms with Crippen molar-refractivity contribution in [3.63, 3.8) is 0 Å². The lowest BCUT2D eigenvalue weighted by molar-refractivity contribution is -0.274. The first kappa shape index (κ1) is 29.9. The molecule has 9 atom stereocenters. The number of aliphatic hydroxyl groups excluding tert-OH is 1. The zero-order valence-electron chi connectivity index (χ0n) is 24.0. The molecule has 228 valence electrons. The van der Waals surface area contributed by atoms with Crippen molar-refractivity contribution >= 4 is 23.3 Å². The van der Waals surface area contributed by atoms with Crippen molar-refractivity contribution in [3.05, 3.63) is 48.1 Å². The molecular formula is C32H37F3O6S. The van der Waals surface area contributed by atoms with Crippen molar-refractivity contribution < 1.29 is 42.1 Å². The number of aliphatic hydroxyl groups is 1. The van der Waals surface area contributed by atoms with E-state index in [9.17, 15) is 27.9 Å². The summed E-state index contributed by atoms with van der Waals surface area (Å²) in [6.45, 7) is 6.23. The monoisotopic (exact) mass is 606 g/mol. The fourth-order valence-electron chi connectivity index (χ4n) is 9.00. The Balaban J connectivity index is 1.28. The van der Waals surface area contributed by atoms with E-state index in [4.69, 9.17) is 9.47 Å². The number of carbonyl (C=O) groups excluding carboxylic acids is 2. The zero-order valence-corrected chi connectivity index (χ0v) is 24.8. The number of rotatable bonds is 7. The highest BCUT2D eigenvalue weighted by molar-refractivity contribution is 8.00. The number of halogens is 3. The van der Waals surface area contributed by atoms with E-state index >= 15 is 0 Å². The van der Waals surface area contributed by atoms with Gasteiger partial charge in [0.05, 0.1) is 18.0 Å². The number of hydrogen-bond donors (Lipinski definition) is 1. The van der Waals surface area contributed by atoms with E-state index in [0.29, 0.717) is 24.2 Å². The van der Waals surface area contributed by atoms with Crippen LogP contribution in [0.1, 0.15) is 59.3 Å². The zero-order chi connectivity index (χ0) is 30.1. The molecule has 4 fully saturated rings. The quantitative estimate of drug-likeness (QED) is 0.359. The molecule has 1 N–H and O–H groups in total. The van der Waals surface area contributed by atoms with Gasteiger partial charge in [-0.3, -0.25) is 9.59 Å². The molecule has 0 bridgehead atoms. The van der Waals surface area contributed by atoms with Crippen molar-refractivity contribution in [2.24, 2.45) is 28.6 Å². The summed E-state index contributed by atoms with van der Waals surface area (Å²) in [4.78, 5) is 27.1. The van der Waals surface area contributed by atoms with E-state index in [-0.39, 0.29) is 40.8 Å².